The van der Waals surface area contributed by atoms with E-state index in [9.17, 15) is 0 Å². The molecule has 2 heterocycles. The maximum absolute atomic E-state index is 2.74. The highest BCUT2D eigenvalue weighted by molar-refractivity contribution is 5.07. The summed E-state index contributed by atoms with van der Waals surface area (Å²) < 4.78 is 0. The Morgan fingerprint density at radius 2 is 1.79 bits per heavy atom. The highest BCUT2D eigenvalue weighted by Crippen LogP contribution is 2.45. The molecule has 2 saturated heterocycles. The lowest BCUT2D eigenvalue weighted by Crippen LogP contribution is -2.64. The Balaban J connectivity index is 2.27. The number of rotatable bonds is 0. The van der Waals surface area contributed by atoms with Crippen LogP contribution in [-0.4, -0.2) is 48.6 Å². The van der Waals surface area contributed by atoms with Crippen LogP contribution in [0.15, 0.2) is 0 Å². The van der Waals surface area contributed by atoms with Gasteiger partial charge < -0.3 is 4.90 Å². The molecule has 14 heavy (non-hydrogen) atoms. The summed E-state index contributed by atoms with van der Waals surface area (Å²) >= 11 is 0. The molecule has 0 saturated carbocycles. The van der Waals surface area contributed by atoms with Crippen molar-refractivity contribution in [3.05, 3.63) is 0 Å². The van der Waals surface area contributed by atoms with E-state index in [4.69, 9.17) is 0 Å². The summed E-state index contributed by atoms with van der Waals surface area (Å²) in [6, 6.07) is 0. The molecule has 2 aliphatic rings. The van der Waals surface area contributed by atoms with Crippen LogP contribution in [-0.2, 0) is 0 Å². The molecule has 1 unspecified atom stereocenters. The van der Waals surface area contributed by atoms with Crippen LogP contribution in [0.25, 0.3) is 0 Å². The fourth-order valence-electron chi connectivity index (χ4n) is 3.34. The number of likely N-dealkylation sites (N-methyl/N-ethyl adjacent to an activating group) is 1. The van der Waals surface area contributed by atoms with Crippen molar-refractivity contribution in [2.45, 2.75) is 39.2 Å². The van der Waals surface area contributed by atoms with Gasteiger partial charge >= 0.3 is 0 Å². The summed E-state index contributed by atoms with van der Waals surface area (Å²) in [5.41, 5.74) is 0.873. The molecule has 82 valence electrons. The van der Waals surface area contributed by atoms with Crippen LogP contribution in [0.5, 0.6) is 0 Å². The van der Waals surface area contributed by atoms with Crippen molar-refractivity contribution in [2.75, 3.05) is 33.2 Å². The van der Waals surface area contributed by atoms with Crippen LogP contribution >= 0.6 is 0 Å². The number of hydrogen-bond acceptors (Lipinski definition) is 2. The fourth-order valence-corrected chi connectivity index (χ4v) is 3.34. The Bertz CT molecular complexity index is 219. The molecule has 0 aliphatic carbocycles. The van der Waals surface area contributed by atoms with Gasteiger partial charge in [0.1, 0.15) is 0 Å². The average molecular weight is 196 g/mol. The molecule has 2 fully saturated rings. The Hall–Kier alpha value is -0.0800. The van der Waals surface area contributed by atoms with Gasteiger partial charge in [0.05, 0.1) is 0 Å². The molecule has 0 aromatic carbocycles. The molecule has 2 rings (SSSR count). The predicted molar refractivity (Wildman–Crippen MR) is 60.5 cm³/mol. The van der Waals surface area contributed by atoms with Crippen molar-refractivity contribution in [3.63, 3.8) is 0 Å². The molecule has 2 aliphatic heterocycles. The number of hydrogen-bond donors (Lipinski definition) is 0. The first-order valence-electron chi connectivity index (χ1n) is 5.89. The maximum atomic E-state index is 2.74. The third kappa shape index (κ3) is 1.40. The van der Waals surface area contributed by atoms with E-state index in [1.165, 1.54) is 39.0 Å². The second kappa shape index (κ2) is 3.21. The SMILES string of the molecule is CN1CCN2CCCC2(C(C)(C)C)C1. The molecule has 0 aromatic rings. The van der Waals surface area contributed by atoms with Crippen LogP contribution in [0.1, 0.15) is 33.6 Å². The van der Waals surface area contributed by atoms with Gasteiger partial charge in [0.15, 0.2) is 0 Å². The molecule has 2 heteroatoms. The van der Waals surface area contributed by atoms with Crippen LogP contribution in [0, 0.1) is 5.41 Å². The molecular formula is C12H24N2. The van der Waals surface area contributed by atoms with E-state index in [1.54, 1.807) is 0 Å². The zero-order valence-corrected chi connectivity index (χ0v) is 10.1. The van der Waals surface area contributed by atoms with Crippen molar-refractivity contribution >= 4 is 0 Å². The maximum Gasteiger partial charge on any atom is 0.0385 e. The Labute approximate surface area is 88.3 Å². The van der Waals surface area contributed by atoms with Gasteiger partial charge in [-0.15, -0.1) is 0 Å². The van der Waals surface area contributed by atoms with Crippen molar-refractivity contribution in [1.29, 1.82) is 0 Å². The summed E-state index contributed by atoms with van der Waals surface area (Å²) in [5.74, 6) is 0. The van der Waals surface area contributed by atoms with E-state index in [2.05, 4.69) is 37.6 Å². The van der Waals surface area contributed by atoms with E-state index < -0.39 is 0 Å². The zero-order valence-electron chi connectivity index (χ0n) is 10.1. The smallest absolute Gasteiger partial charge is 0.0385 e. The summed E-state index contributed by atoms with van der Waals surface area (Å²) in [7, 11) is 2.27. The zero-order chi connectivity index (χ0) is 10.4. The first-order chi connectivity index (χ1) is 6.46. The summed E-state index contributed by atoms with van der Waals surface area (Å²) in [6.45, 7) is 12.3. The standard InChI is InChI=1S/C12H24N2/c1-11(2,3)12-6-5-7-14(12)9-8-13(4)10-12/h5-10H2,1-4H3. The van der Waals surface area contributed by atoms with Crippen molar-refractivity contribution in [1.82, 2.24) is 9.80 Å². The molecule has 2 nitrogen and oxygen atoms in total. The highest BCUT2D eigenvalue weighted by atomic mass is 15.3. The van der Waals surface area contributed by atoms with Crippen molar-refractivity contribution < 1.29 is 0 Å². The molecule has 0 N–H and O–H groups in total. The van der Waals surface area contributed by atoms with Gasteiger partial charge in [0.2, 0.25) is 0 Å². The molecule has 0 aromatic heterocycles. The second-order valence-corrected chi connectivity index (χ2v) is 6.11. The Kier molecular flexibility index (Phi) is 2.39. The van der Waals surface area contributed by atoms with Gasteiger partial charge in [-0.05, 0) is 31.8 Å². The number of nitrogens with zero attached hydrogens (tertiary/aromatic N) is 2. The van der Waals surface area contributed by atoms with Crippen LogP contribution < -0.4 is 0 Å². The van der Waals surface area contributed by atoms with Gasteiger partial charge in [-0.3, -0.25) is 4.90 Å². The van der Waals surface area contributed by atoms with Gasteiger partial charge in [0.25, 0.3) is 0 Å². The number of fused-ring (bicyclic) bond motifs is 1. The van der Waals surface area contributed by atoms with E-state index in [0.717, 1.165) is 0 Å². The lowest BCUT2D eigenvalue weighted by molar-refractivity contribution is -0.0348. The topological polar surface area (TPSA) is 6.48 Å². The minimum atomic E-state index is 0.415. The third-order valence-electron chi connectivity index (χ3n) is 4.30. The summed E-state index contributed by atoms with van der Waals surface area (Å²) in [5, 5.41) is 0. The molecule has 0 amide bonds. The lowest BCUT2D eigenvalue weighted by atomic mass is 9.70. The highest BCUT2D eigenvalue weighted by Gasteiger charge is 2.51. The van der Waals surface area contributed by atoms with E-state index in [1.807, 2.05) is 0 Å². The number of piperazine rings is 1. The Morgan fingerprint density at radius 3 is 2.43 bits per heavy atom. The first-order valence-corrected chi connectivity index (χ1v) is 5.89. The minimum Gasteiger partial charge on any atom is -0.303 e. The minimum absolute atomic E-state index is 0.415. The quantitative estimate of drug-likeness (QED) is 0.583. The molecule has 0 bridgehead atoms. The summed E-state index contributed by atoms with van der Waals surface area (Å²) in [6.07, 6.45) is 2.78. The van der Waals surface area contributed by atoms with E-state index >= 15 is 0 Å². The molecule has 0 radical (unpaired) electrons. The van der Waals surface area contributed by atoms with Gasteiger partial charge in [0, 0.05) is 25.2 Å². The van der Waals surface area contributed by atoms with E-state index in [-0.39, 0.29) is 0 Å². The molecular weight excluding hydrogens is 172 g/mol. The van der Waals surface area contributed by atoms with Crippen molar-refractivity contribution in [3.8, 4) is 0 Å². The fraction of sp³-hybridized carbons (Fsp3) is 1.00. The Morgan fingerprint density at radius 1 is 1.07 bits per heavy atom. The second-order valence-electron chi connectivity index (χ2n) is 6.11. The van der Waals surface area contributed by atoms with Crippen molar-refractivity contribution in [2.24, 2.45) is 5.41 Å². The normalized spacial score (nSPS) is 36.0. The predicted octanol–water partition coefficient (Wildman–Crippen LogP) is 1.81. The van der Waals surface area contributed by atoms with Crippen LogP contribution in [0.2, 0.25) is 0 Å². The summed E-state index contributed by atoms with van der Waals surface area (Å²) in [4.78, 5) is 5.25. The molecule has 1 atom stereocenters. The monoisotopic (exact) mass is 196 g/mol. The lowest BCUT2D eigenvalue weighted by Gasteiger charge is -2.53. The van der Waals surface area contributed by atoms with Gasteiger partial charge in [-0.1, -0.05) is 20.8 Å². The first kappa shape index (κ1) is 10.4. The van der Waals surface area contributed by atoms with Gasteiger partial charge in [-0.2, -0.15) is 0 Å². The van der Waals surface area contributed by atoms with E-state index in [0.29, 0.717) is 11.0 Å². The largest absolute Gasteiger partial charge is 0.303 e. The van der Waals surface area contributed by atoms with Crippen LogP contribution in [0.3, 0.4) is 0 Å². The van der Waals surface area contributed by atoms with Crippen LogP contribution in [0.4, 0.5) is 0 Å². The third-order valence-corrected chi connectivity index (χ3v) is 4.30. The van der Waals surface area contributed by atoms with Gasteiger partial charge in [-0.25, -0.2) is 0 Å². The average Bonchev–Trinajstić information content (AvgIpc) is 2.46. The molecule has 0 spiro atoms.